The van der Waals surface area contributed by atoms with Crippen LogP contribution in [0.15, 0.2) is 60.5 Å². The van der Waals surface area contributed by atoms with E-state index in [4.69, 9.17) is 0 Å². The Kier molecular flexibility index (Phi) is 4.41. The van der Waals surface area contributed by atoms with Gasteiger partial charge in [0, 0.05) is 16.6 Å². The van der Waals surface area contributed by atoms with E-state index in [9.17, 15) is 4.79 Å². The highest BCUT2D eigenvalue weighted by Gasteiger charge is 2.00. The Morgan fingerprint density at radius 1 is 1.27 bits per heavy atom. The maximum Gasteiger partial charge on any atom is 0.248 e. The monoisotopic (exact) mass is 310 g/mol. The average Bonchev–Trinajstić information content (AvgIpc) is 3.20. The first-order valence-corrected chi connectivity index (χ1v) is 7.61. The largest absolute Gasteiger partial charge is 0.323 e. The van der Waals surface area contributed by atoms with Crippen LogP contribution < -0.4 is 5.32 Å². The van der Waals surface area contributed by atoms with Crippen LogP contribution in [0.4, 0.5) is 5.69 Å². The Morgan fingerprint density at radius 3 is 2.82 bits per heavy atom. The molecule has 0 fully saturated rings. The number of thiophene rings is 1. The van der Waals surface area contributed by atoms with Crippen LogP contribution in [0.2, 0.25) is 0 Å². The van der Waals surface area contributed by atoms with Crippen molar-refractivity contribution in [2.45, 2.75) is 6.54 Å². The van der Waals surface area contributed by atoms with Crippen LogP contribution in [0.3, 0.4) is 0 Å². The highest BCUT2D eigenvalue weighted by molar-refractivity contribution is 7.10. The zero-order valence-electron chi connectivity index (χ0n) is 11.7. The van der Waals surface area contributed by atoms with Crippen LogP contribution in [-0.2, 0) is 11.3 Å². The van der Waals surface area contributed by atoms with Crippen LogP contribution in [0, 0.1) is 0 Å². The number of anilines is 1. The number of carbonyl (C=O) groups excluding carboxylic acids is 1. The number of hydrogen-bond donors (Lipinski definition) is 1. The number of carbonyl (C=O) groups is 1. The first-order chi connectivity index (χ1) is 10.8. The number of nitrogens with zero attached hydrogens (tertiary/aromatic N) is 3. The molecule has 1 aromatic carbocycles. The third kappa shape index (κ3) is 3.89. The molecule has 5 nitrogen and oxygen atoms in total. The van der Waals surface area contributed by atoms with Gasteiger partial charge in [0.1, 0.15) is 12.7 Å². The summed E-state index contributed by atoms with van der Waals surface area (Å²) in [6, 6.07) is 11.6. The fraction of sp³-hybridized carbons (Fsp3) is 0.0625. The zero-order chi connectivity index (χ0) is 15.2. The van der Waals surface area contributed by atoms with E-state index in [1.165, 1.54) is 12.4 Å². The van der Waals surface area contributed by atoms with Gasteiger partial charge in [-0.2, -0.15) is 5.10 Å². The Morgan fingerprint density at radius 2 is 2.14 bits per heavy atom. The lowest BCUT2D eigenvalue weighted by Gasteiger charge is -2.04. The SMILES string of the molecule is O=C(C=Cc1cccs1)Nc1ccc(Cn2cncn2)cc1. The number of aromatic nitrogens is 3. The molecule has 0 aliphatic rings. The summed E-state index contributed by atoms with van der Waals surface area (Å²) in [5.41, 5.74) is 1.86. The van der Waals surface area contributed by atoms with Gasteiger partial charge >= 0.3 is 0 Å². The van der Waals surface area contributed by atoms with Gasteiger partial charge in [0.15, 0.2) is 0 Å². The molecule has 22 heavy (non-hydrogen) atoms. The first kappa shape index (κ1) is 14.2. The second kappa shape index (κ2) is 6.82. The molecule has 110 valence electrons. The van der Waals surface area contributed by atoms with Crippen LogP contribution in [-0.4, -0.2) is 20.7 Å². The van der Waals surface area contributed by atoms with Crippen molar-refractivity contribution in [3.8, 4) is 0 Å². The molecule has 0 aliphatic carbocycles. The van der Waals surface area contributed by atoms with Crippen molar-refractivity contribution in [3.05, 3.63) is 70.9 Å². The highest BCUT2D eigenvalue weighted by atomic mass is 32.1. The molecule has 0 aliphatic heterocycles. The molecule has 2 heterocycles. The topological polar surface area (TPSA) is 59.8 Å². The van der Waals surface area contributed by atoms with Crippen molar-refractivity contribution >= 4 is 29.0 Å². The van der Waals surface area contributed by atoms with Gasteiger partial charge in [-0.1, -0.05) is 18.2 Å². The van der Waals surface area contributed by atoms with E-state index in [2.05, 4.69) is 15.4 Å². The highest BCUT2D eigenvalue weighted by Crippen LogP contribution is 2.12. The number of hydrogen-bond acceptors (Lipinski definition) is 4. The lowest BCUT2D eigenvalue weighted by atomic mass is 10.2. The van der Waals surface area contributed by atoms with Gasteiger partial charge in [0.2, 0.25) is 5.91 Å². The maximum absolute atomic E-state index is 11.8. The number of benzene rings is 1. The van der Waals surface area contributed by atoms with E-state index in [-0.39, 0.29) is 5.91 Å². The summed E-state index contributed by atoms with van der Waals surface area (Å²) in [4.78, 5) is 16.8. The van der Waals surface area contributed by atoms with E-state index in [1.54, 1.807) is 28.4 Å². The van der Waals surface area contributed by atoms with Crippen LogP contribution >= 0.6 is 11.3 Å². The molecule has 0 bridgehead atoms. The number of nitrogens with one attached hydrogen (secondary N) is 1. The van der Waals surface area contributed by atoms with Gasteiger partial charge in [-0.25, -0.2) is 9.67 Å². The smallest absolute Gasteiger partial charge is 0.248 e. The van der Waals surface area contributed by atoms with Gasteiger partial charge in [-0.15, -0.1) is 11.3 Å². The third-order valence-corrected chi connectivity index (χ3v) is 3.81. The van der Waals surface area contributed by atoms with E-state index in [0.717, 1.165) is 16.1 Å². The second-order valence-electron chi connectivity index (χ2n) is 4.63. The molecule has 0 unspecified atom stereocenters. The Labute approximate surface area is 131 Å². The van der Waals surface area contributed by atoms with E-state index in [0.29, 0.717) is 6.54 Å². The van der Waals surface area contributed by atoms with Crippen molar-refractivity contribution in [1.29, 1.82) is 0 Å². The summed E-state index contributed by atoms with van der Waals surface area (Å²) in [7, 11) is 0. The number of rotatable bonds is 5. The summed E-state index contributed by atoms with van der Waals surface area (Å²) in [5.74, 6) is -0.141. The molecule has 0 saturated carbocycles. The summed E-state index contributed by atoms with van der Waals surface area (Å²) in [6.45, 7) is 0.659. The molecule has 0 spiro atoms. The summed E-state index contributed by atoms with van der Waals surface area (Å²) in [5, 5.41) is 8.87. The predicted molar refractivity (Wildman–Crippen MR) is 87.5 cm³/mol. The molecular formula is C16H14N4OS. The lowest BCUT2D eigenvalue weighted by Crippen LogP contribution is -2.07. The second-order valence-corrected chi connectivity index (χ2v) is 5.61. The van der Waals surface area contributed by atoms with Crippen LogP contribution in [0.5, 0.6) is 0 Å². The number of amides is 1. The standard InChI is InChI=1S/C16H14N4OS/c21-16(8-7-15-2-1-9-22-15)19-14-5-3-13(4-6-14)10-20-12-17-11-18-20/h1-9,11-12H,10H2,(H,19,21). The van der Waals surface area contributed by atoms with E-state index < -0.39 is 0 Å². The zero-order valence-corrected chi connectivity index (χ0v) is 12.5. The van der Waals surface area contributed by atoms with Crippen LogP contribution in [0.25, 0.3) is 6.08 Å². The molecular weight excluding hydrogens is 296 g/mol. The molecule has 3 aromatic rings. The van der Waals surface area contributed by atoms with Crippen molar-refractivity contribution in [2.24, 2.45) is 0 Å². The molecule has 6 heteroatoms. The molecule has 0 saturated heterocycles. The maximum atomic E-state index is 11.8. The molecule has 2 aromatic heterocycles. The van der Waals surface area contributed by atoms with Crippen LogP contribution in [0.1, 0.15) is 10.4 Å². The molecule has 0 atom stereocenters. The Bertz CT molecular complexity index is 746. The van der Waals surface area contributed by atoms with Crippen molar-refractivity contribution in [3.63, 3.8) is 0 Å². The average molecular weight is 310 g/mol. The van der Waals surface area contributed by atoms with E-state index in [1.807, 2.05) is 41.8 Å². The first-order valence-electron chi connectivity index (χ1n) is 6.73. The molecule has 3 rings (SSSR count). The quantitative estimate of drug-likeness (QED) is 0.737. The van der Waals surface area contributed by atoms with Gasteiger partial charge in [-0.3, -0.25) is 4.79 Å². The van der Waals surface area contributed by atoms with E-state index >= 15 is 0 Å². The van der Waals surface area contributed by atoms with Gasteiger partial charge < -0.3 is 5.32 Å². The normalized spacial score (nSPS) is 10.9. The van der Waals surface area contributed by atoms with Crippen molar-refractivity contribution in [1.82, 2.24) is 14.8 Å². The van der Waals surface area contributed by atoms with Crippen molar-refractivity contribution < 1.29 is 4.79 Å². The predicted octanol–water partition coefficient (Wildman–Crippen LogP) is 3.04. The van der Waals surface area contributed by atoms with Crippen molar-refractivity contribution in [2.75, 3.05) is 5.32 Å². The minimum Gasteiger partial charge on any atom is -0.323 e. The fourth-order valence-electron chi connectivity index (χ4n) is 1.92. The molecule has 1 N–H and O–H groups in total. The minimum atomic E-state index is -0.141. The fourth-order valence-corrected chi connectivity index (χ4v) is 2.54. The molecule has 1 amide bonds. The lowest BCUT2D eigenvalue weighted by molar-refractivity contribution is -0.111. The Balaban J connectivity index is 1.57. The summed E-state index contributed by atoms with van der Waals surface area (Å²) >= 11 is 1.59. The molecule has 0 radical (unpaired) electrons. The van der Waals surface area contributed by atoms with Gasteiger partial charge in [0.05, 0.1) is 6.54 Å². The Hall–Kier alpha value is -2.73. The minimum absolute atomic E-state index is 0.141. The summed E-state index contributed by atoms with van der Waals surface area (Å²) in [6.07, 6.45) is 6.52. The summed E-state index contributed by atoms with van der Waals surface area (Å²) < 4.78 is 1.75. The van der Waals surface area contributed by atoms with Gasteiger partial charge in [0.25, 0.3) is 0 Å². The van der Waals surface area contributed by atoms with Gasteiger partial charge in [-0.05, 0) is 35.2 Å². The third-order valence-electron chi connectivity index (χ3n) is 2.97.